The summed E-state index contributed by atoms with van der Waals surface area (Å²) in [6, 6.07) is 6.57. The molecule has 2 N–H and O–H groups in total. The summed E-state index contributed by atoms with van der Waals surface area (Å²) in [6.45, 7) is 5.85. The highest BCUT2D eigenvalue weighted by molar-refractivity contribution is 7.14. The Bertz CT molecular complexity index is 704. The number of carboxylic acid groups (broad SMARTS) is 1. The standard InChI is InChI=1S/C16H17NO3S/c1-4-11-8-14(21-10(11)3)15(18)17-13-6-5-12(16(19)20)7-9(13)2/h5-8H,4H2,1-3H3,(H,17,18)(H,19,20). The number of carbonyl (C=O) groups is 2. The predicted octanol–water partition coefficient (Wildman–Crippen LogP) is 3.88. The van der Waals surface area contributed by atoms with E-state index in [1.54, 1.807) is 19.1 Å². The molecule has 5 heteroatoms. The first kappa shape index (κ1) is 15.3. The molecule has 0 fully saturated rings. The lowest BCUT2D eigenvalue weighted by Gasteiger charge is -2.08. The molecule has 110 valence electrons. The van der Waals surface area contributed by atoms with Crippen LogP contribution in [0.4, 0.5) is 5.69 Å². The van der Waals surface area contributed by atoms with Crippen LogP contribution in [0.3, 0.4) is 0 Å². The minimum absolute atomic E-state index is 0.158. The molecule has 0 aliphatic carbocycles. The van der Waals surface area contributed by atoms with E-state index in [2.05, 4.69) is 12.2 Å². The van der Waals surface area contributed by atoms with Crippen LogP contribution >= 0.6 is 11.3 Å². The Kier molecular flexibility index (Phi) is 4.43. The molecule has 0 atom stereocenters. The summed E-state index contributed by atoms with van der Waals surface area (Å²) < 4.78 is 0. The number of aromatic carboxylic acids is 1. The Morgan fingerprint density at radius 2 is 1.95 bits per heavy atom. The fourth-order valence-electron chi connectivity index (χ4n) is 2.10. The van der Waals surface area contributed by atoms with E-state index in [4.69, 9.17) is 5.11 Å². The summed E-state index contributed by atoms with van der Waals surface area (Å²) in [5, 5.41) is 11.8. The number of benzene rings is 1. The van der Waals surface area contributed by atoms with Crippen LogP contribution in [-0.2, 0) is 6.42 Å². The average molecular weight is 303 g/mol. The van der Waals surface area contributed by atoms with Gasteiger partial charge in [-0.05, 0) is 55.7 Å². The number of hydrogen-bond donors (Lipinski definition) is 2. The average Bonchev–Trinajstić information content (AvgIpc) is 2.82. The van der Waals surface area contributed by atoms with Crippen LogP contribution in [0.15, 0.2) is 24.3 Å². The normalized spacial score (nSPS) is 10.4. The van der Waals surface area contributed by atoms with Crippen molar-refractivity contribution in [3.05, 3.63) is 50.7 Å². The summed E-state index contributed by atoms with van der Waals surface area (Å²) in [4.78, 5) is 25.0. The number of amides is 1. The molecule has 2 rings (SSSR count). The van der Waals surface area contributed by atoms with Gasteiger partial charge in [0.15, 0.2) is 0 Å². The van der Waals surface area contributed by atoms with Gasteiger partial charge in [-0.25, -0.2) is 4.79 Å². The van der Waals surface area contributed by atoms with Crippen molar-refractivity contribution >= 4 is 28.9 Å². The Hall–Kier alpha value is -2.14. The zero-order chi connectivity index (χ0) is 15.6. The van der Waals surface area contributed by atoms with Crippen molar-refractivity contribution in [2.24, 2.45) is 0 Å². The Labute approximate surface area is 127 Å². The second kappa shape index (κ2) is 6.10. The summed E-state index contributed by atoms with van der Waals surface area (Å²) in [5.41, 5.74) is 2.76. The minimum Gasteiger partial charge on any atom is -0.478 e. The van der Waals surface area contributed by atoms with Gasteiger partial charge in [0.25, 0.3) is 5.91 Å². The van der Waals surface area contributed by atoms with Gasteiger partial charge in [-0.3, -0.25) is 4.79 Å². The van der Waals surface area contributed by atoms with Gasteiger partial charge in [0, 0.05) is 10.6 Å². The van der Waals surface area contributed by atoms with Crippen LogP contribution in [0.1, 0.15) is 43.0 Å². The Balaban J connectivity index is 2.21. The van der Waals surface area contributed by atoms with E-state index in [0.29, 0.717) is 10.6 Å². The van der Waals surface area contributed by atoms with E-state index in [9.17, 15) is 9.59 Å². The molecular weight excluding hydrogens is 286 g/mol. The highest BCUT2D eigenvalue weighted by Gasteiger charge is 2.13. The van der Waals surface area contributed by atoms with E-state index in [0.717, 1.165) is 16.9 Å². The molecule has 0 unspecified atom stereocenters. The molecule has 0 aliphatic rings. The van der Waals surface area contributed by atoms with Crippen LogP contribution in [0, 0.1) is 13.8 Å². The lowest BCUT2D eigenvalue weighted by Crippen LogP contribution is -2.11. The fourth-order valence-corrected chi connectivity index (χ4v) is 3.11. The molecule has 0 radical (unpaired) electrons. The number of thiophene rings is 1. The van der Waals surface area contributed by atoms with Crippen molar-refractivity contribution in [1.82, 2.24) is 0 Å². The van der Waals surface area contributed by atoms with E-state index >= 15 is 0 Å². The van der Waals surface area contributed by atoms with Crippen LogP contribution in [0.2, 0.25) is 0 Å². The second-order valence-electron chi connectivity index (χ2n) is 4.83. The molecule has 1 aromatic carbocycles. The van der Waals surface area contributed by atoms with E-state index < -0.39 is 5.97 Å². The van der Waals surface area contributed by atoms with E-state index in [1.165, 1.54) is 23.0 Å². The van der Waals surface area contributed by atoms with Gasteiger partial charge >= 0.3 is 5.97 Å². The number of carbonyl (C=O) groups excluding carboxylic acids is 1. The molecule has 4 nitrogen and oxygen atoms in total. The lowest BCUT2D eigenvalue weighted by atomic mass is 10.1. The number of nitrogens with one attached hydrogen (secondary N) is 1. The summed E-state index contributed by atoms with van der Waals surface area (Å²) >= 11 is 1.47. The van der Waals surface area contributed by atoms with Crippen molar-refractivity contribution in [2.75, 3.05) is 5.32 Å². The monoisotopic (exact) mass is 303 g/mol. The van der Waals surface area contributed by atoms with Gasteiger partial charge in [-0.1, -0.05) is 6.92 Å². The number of carboxylic acids is 1. The maximum atomic E-state index is 12.2. The Morgan fingerprint density at radius 3 is 2.48 bits per heavy atom. The predicted molar refractivity (Wildman–Crippen MR) is 84.5 cm³/mol. The highest BCUT2D eigenvalue weighted by atomic mass is 32.1. The third-order valence-electron chi connectivity index (χ3n) is 3.35. The third kappa shape index (κ3) is 3.31. The van der Waals surface area contributed by atoms with Crippen molar-refractivity contribution in [1.29, 1.82) is 0 Å². The molecule has 0 saturated heterocycles. The number of hydrogen-bond acceptors (Lipinski definition) is 3. The highest BCUT2D eigenvalue weighted by Crippen LogP contribution is 2.24. The Morgan fingerprint density at radius 1 is 1.24 bits per heavy atom. The fraction of sp³-hybridized carbons (Fsp3) is 0.250. The summed E-state index contributed by atoms with van der Waals surface area (Å²) in [5.74, 6) is -1.13. The molecular formula is C16H17NO3S. The molecule has 0 saturated carbocycles. The van der Waals surface area contributed by atoms with Gasteiger partial charge in [0.2, 0.25) is 0 Å². The van der Waals surface area contributed by atoms with Crippen LogP contribution in [0.25, 0.3) is 0 Å². The molecule has 1 heterocycles. The first-order valence-corrected chi connectivity index (χ1v) is 7.48. The molecule has 1 amide bonds. The zero-order valence-electron chi connectivity index (χ0n) is 12.2. The number of rotatable bonds is 4. The molecule has 0 aliphatic heterocycles. The summed E-state index contributed by atoms with van der Waals surface area (Å²) in [6.07, 6.45) is 0.905. The van der Waals surface area contributed by atoms with Gasteiger partial charge in [-0.2, -0.15) is 0 Å². The van der Waals surface area contributed by atoms with Gasteiger partial charge < -0.3 is 10.4 Å². The van der Waals surface area contributed by atoms with Crippen LogP contribution < -0.4 is 5.32 Å². The minimum atomic E-state index is -0.975. The van der Waals surface area contributed by atoms with Crippen molar-refractivity contribution in [3.63, 3.8) is 0 Å². The second-order valence-corrected chi connectivity index (χ2v) is 6.09. The van der Waals surface area contributed by atoms with Crippen molar-refractivity contribution < 1.29 is 14.7 Å². The van der Waals surface area contributed by atoms with Crippen LogP contribution in [0.5, 0.6) is 0 Å². The maximum absolute atomic E-state index is 12.2. The van der Waals surface area contributed by atoms with E-state index in [-0.39, 0.29) is 11.5 Å². The maximum Gasteiger partial charge on any atom is 0.335 e. The first-order valence-electron chi connectivity index (χ1n) is 6.67. The first-order chi connectivity index (χ1) is 9.92. The third-order valence-corrected chi connectivity index (χ3v) is 4.44. The molecule has 0 bridgehead atoms. The van der Waals surface area contributed by atoms with Crippen molar-refractivity contribution in [2.45, 2.75) is 27.2 Å². The van der Waals surface area contributed by atoms with E-state index in [1.807, 2.05) is 13.0 Å². The quantitative estimate of drug-likeness (QED) is 0.900. The SMILES string of the molecule is CCc1cc(C(=O)Nc2ccc(C(=O)O)cc2C)sc1C. The van der Waals surface area contributed by atoms with Gasteiger partial charge in [-0.15, -0.1) is 11.3 Å². The molecule has 0 spiro atoms. The molecule has 1 aromatic heterocycles. The molecule has 21 heavy (non-hydrogen) atoms. The van der Waals surface area contributed by atoms with Crippen LogP contribution in [-0.4, -0.2) is 17.0 Å². The molecule has 2 aromatic rings. The summed E-state index contributed by atoms with van der Waals surface area (Å²) in [7, 11) is 0. The zero-order valence-corrected chi connectivity index (χ0v) is 13.0. The van der Waals surface area contributed by atoms with Gasteiger partial charge in [0.05, 0.1) is 10.4 Å². The lowest BCUT2D eigenvalue weighted by molar-refractivity contribution is 0.0696. The number of anilines is 1. The number of aryl methyl sites for hydroxylation is 3. The topological polar surface area (TPSA) is 66.4 Å². The van der Waals surface area contributed by atoms with Crippen molar-refractivity contribution in [3.8, 4) is 0 Å². The van der Waals surface area contributed by atoms with Gasteiger partial charge in [0.1, 0.15) is 0 Å². The largest absolute Gasteiger partial charge is 0.478 e. The smallest absolute Gasteiger partial charge is 0.335 e.